The van der Waals surface area contributed by atoms with Crippen LogP contribution in [-0.2, 0) is 0 Å². The highest BCUT2D eigenvalue weighted by Gasteiger charge is 2.12. The van der Waals surface area contributed by atoms with Gasteiger partial charge in [-0.05, 0) is 5.54 Å². The molecule has 0 N–H and O–H groups in total. The van der Waals surface area contributed by atoms with E-state index in [-0.39, 0.29) is 0 Å². The molecule has 0 amide bonds. The normalized spacial score (nSPS) is 12.9. The molecule has 0 aliphatic heterocycles. The molecule has 0 radical (unpaired) electrons. The Kier molecular flexibility index (Phi) is 3.29. The van der Waals surface area contributed by atoms with E-state index in [0.717, 1.165) is 5.54 Å². The van der Waals surface area contributed by atoms with Gasteiger partial charge in [-0.25, -0.2) is 0 Å². The van der Waals surface area contributed by atoms with Crippen LogP contribution in [0.5, 0.6) is 0 Å². The van der Waals surface area contributed by atoms with Crippen LogP contribution in [0.25, 0.3) is 0 Å². The van der Waals surface area contributed by atoms with E-state index in [9.17, 15) is 0 Å². The highest BCUT2D eigenvalue weighted by molar-refractivity contribution is 6.78. The van der Waals surface area contributed by atoms with Crippen LogP contribution in [-0.4, -0.2) is 8.80 Å². The van der Waals surface area contributed by atoms with Crippen LogP contribution in [0.15, 0.2) is 42.6 Å². The van der Waals surface area contributed by atoms with Crippen molar-refractivity contribution in [3.05, 3.63) is 42.6 Å². The summed E-state index contributed by atoms with van der Waals surface area (Å²) in [5, 5.41) is 1.50. The van der Waals surface area contributed by atoms with Gasteiger partial charge in [0.2, 0.25) is 0 Å². The lowest BCUT2D eigenvalue weighted by atomic mass is 10.4. The van der Waals surface area contributed by atoms with Crippen molar-refractivity contribution in [2.24, 2.45) is 0 Å². The van der Waals surface area contributed by atoms with E-state index < -0.39 is 8.80 Å². The Balaban J connectivity index is 2.88. The molecular formula is C11H16Si. The third-order valence-corrected chi connectivity index (χ3v) is 5.26. The molecule has 0 fully saturated rings. The van der Waals surface area contributed by atoms with Gasteiger partial charge < -0.3 is 0 Å². The molecule has 1 aromatic carbocycles. The van der Waals surface area contributed by atoms with Crippen molar-refractivity contribution < 1.29 is 0 Å². The SMILES string of the molecule is C=C[SiH](c1ccccc1)C(C)C. The summed E-state index contributed by atoms with van der Waals surface area (Å²) in [6.07, 6.45) is 0. The van der Waals surface area contributed by atoms with Crippen molar-refractivity contribution in [3.63, 3.8) is 0 Å². The van der Waals surface area contributed by atoms with Gasteiger partial charge >= 0.3 is 0 Å². The standard InChI is InChI=1S/C11H16Si/c1-4-12(10(2)3)11-8-6-5-7-9-11/h4-10,12H,1H2,2-3H3. The number of hydrogen-bond donors (Lipinski definition) is 0. The summed E-state index contributed by atoms with van der Waals surface area (Å²) in [5.41, 5.74) is 2.94. The molecule has 0 aromatic heterocycles. The fourth-order valence-corrected chi connectivity index (χ4v) is 3.72. The van der Waals surface area contributed by atoms with Gasteiger partial charge in [0, 0.05) is 0 Å². The van der Waals surface area contributed by atoms with Gasteiger partial charge in [0.15, 0.2) is 0 Å². The first-order valence-corrected chi connectivity index (χ1v) is 6.34. The van der Waals surface area contributed by atoms with E-state index in [2.05, 4.69) is 56.5 Å². The van der Waals surface area contributed by atoms with Gasteiger partial charge in [0.25, 0.3) is 0 Å². The van der Waals surface area contributed by atoms with Crippen LogP contribution in [0.3, 0.4) is 0 Å². The fourth-order valence-electron chi connectivity index (χ4n) is 1.47. The number of hydrogen-bond acceptors (Lipinski definition) is 0. The molecule has 1 heteroatoms. The molecule has 1 atom stereocenters. The molecule has 0 nitrogen and oxygen atoms in total. The average Bonchev–Trinajstić information content (AvgIpc) is 2.07. The topological polar surface area (TPSA) is 0 Å². The van der Waals surface area contributed by atoms with Gasteiger partial charge in [0.05, 0.1) is 8.80 Å². The lowest BCUT2D eigenvalue weighted by Crippen LogP contribution is -2.30. The van der Waals surface area contributed by atoms with Gasteiger partial charge in [-0.3, -0.25) is 0 Å². The van der Waals surface area contributed by atoms with Gasteiger partial charge in [-0.1, -0.05) is 55.1 Å². The number of benzene rings is 1. The van der Waals surface area contributed by atoms with Crippen LogP contribution >= 0.6 is 0 Å². The zero-order valence-electron chi connectivity index (χ0n) is 7.83. The molecule has 12 heavy (non-hydrogen) atoms. The Hall–Kier alpha value is -0.823. The van der Waals surface area contributed by atoms with Gasteiger partial charge in [-0.15, -0.1) is 6.58 Å². The van der Waals surface area contributed by atoms with Crippen molar-refractivity contribution in [2.45, 2.75) is 19.4 Å². The molecular weight excluding hydrogens is 160 g/mol. The largest absolute Gasteiger partial charge is 0.107 e. The van der Waals surface area contributed by atoms with Crippen molar-refractivity contribution >= 4 is 14.0 Å². The summed E-state index contributed by atoms with van der Waals surface area (Å²) in [4.78, 5) is 0. The Morgan fingerprint density at radius 1 is 1.25 bits per heavy atom. The molecule has 0 heterocycles. The summed E-state index contributed by atoms with van der Waals surface area (Å²) in [6.45, 7) is 8.49. The summed E-state index contributed by atoms with van der Waals surface area (Å²) < 4.78 is 0. The molecule has 0 aliphatic rings. The predicted octanol–water partition coefficient (Wildman–Crippen LogP) is 2.26. The molecule has 1 aromatic rings. The first-order valence-electron chi connectivity index (χ1n) is 4.43. The first kappa shape index (κ1) is 9.27. The maximum Gasteiger partial charge on any atom is 0.0959 e. The van der Waals surface area contributed by atoms with Crippen LogP contribution in [0, 0.1) is 0 Å². The van der Waals surface area contributed by atoms with Crippen LogP contribution in [0.4, 0.5) is 0 Å². The maximum atomic E-state index is 3.92. The third kappa shape index (κ3) is 2.08. The van der Waals surface area contributed by atoms with E-state index in [0.29, 0.717) is 0 Å². The second-order valence-electron chi connectivity index (χ2n) is 3.42. The number of rotatable bonds is 3. The van der Waals surface area contributed by atoms with E-state index in [1.54, 1.807) is 0 Å². The molecule has 0 spiro atoms. The average molecular weight is 176 g/mol. The van der Waals surface area contributed by atoms with E-state index in [1.165, 1.54) is 5.19 Å². The second-order valence-corrected chi connectivity index (χ2v) is 6.94. The van der Waals surface area contributed by atoms with Gasteiger partial charge in [0.1, 0.15) is 0 Å². The molecule has 0 saturated heterocycles. The smallest absolute Gasteiger partial charge is 0.0959 e. The minimum absolute atomic E-state index is 0.768. The van der Waals surface area contributed by atoms with Crippen LogP contribution in [0.2, 0.25) is 5.54 Å². The third-order valence-electron chi connectivity index (χ3n) is 2.16. The summed E-state index contributed by atoms with van der Waals surface area (Å²) in [7, 11) is -0.881. The maximum absolute atomic E-state index is 3.92. The minimum Gasteiger partial charge on any atom is -0.107 e. The first-order chi connectivity index (χ1) is 5.75. The van der Waals surface area contributed by atoms with Crippen molar-refractivity contribution in [3.8, 4) is 0 Å². The monoisotopic (exact) mass is 176 g/mol. The predicted molar refractivity (Wildman–Crippen MR) is 58.5 cm³/mol. The molecule has 0 bridgehead atoms. The van der Waals surface area contributed by atoms with Crippen LogP contribution in [0.1, 0.15) is 13.8 Å². The Labute approximate surface area is 76.5 Å². The van der Waals surface area contributed by atoms with Crippen molar-refractivity contribution in [2.75, 3.05) is 0 Å². The highest BCUT2D eigenvalue weighted by atomic mass is 28.3. The Morgan fingerprint density at radius 3 is 2.25 bits per heavy atom. The van der Waals surface area contributed by atoms with Crippen molar-refractivity contribution in [1.29, 1.82) is 0 Å². The second kappa shape index (κ2) is 4.26. The van der Waals surface area contributed by atoms with Gasteiger partial charge in [-0.2, -0.15) is 0 Å². The van der Waals surface area contributed by atoms with E-state index in [4.69, 9.17) is 0 Å². The lowest BCUT2D eigenvalue weighted by Gasteiger charge is -2.14. The molecule has 0 saturated carbocycles. The zero-order valence-corrected chi connectivity index (χ0v) is 8.98. The lowest BCUT2D eigenvalue weighted by molar-refractivity contribution is 1.05. The minimum atomic E-state index is -0.881. The summed E-state index contributed by atoms with van der Waals surface area (Å²) in [5.74, 6) is 0. The Bertz CT molecular complexity index is 238. The molecule has 1 rings (SSSR count). The van der Waals surface area contributed by atoms with Crippen LogP contribution < -0.4 is 5.19 Å². The quantitative estimate of drug-likeness (QED) is 0.620. The summed E-state index contributed by atoms with van der Waals surface area (Å²) >= 11 is 0. The zero-order chi connectivity index (χ0) is 8.97. The van der Waals surface area contributed by atoms with E-state index >= 15 is 0 Å². The fraction of sp³-hybridized carbons (Fsp3) is 0.273. The van der Waals surface area contributed by atoms with E-state index in [1.807, 2.05) is 0 Å². The summed E-state index contributed by atoms with van der Waals surface area (Å²) in [6, 6.07) is 10.7. The Morgan fingerprint density at radius 2 is 1.83 bits per heavy atom. The molecule has 1 unspecified atom stereocenters. The molecule has 0 aliphatic carbocycles. The van der Waals surface area contributed by atoms with Crippen molar-refractivity contribution in [1.82, 2.24) is 0 Å². The molecule has 64 valence electrons. The highest BCUT2D eigenvalue weighted by Crippen LogP contribution is 2.07.